The minimum atomic E-state index is 0.158. The van der Waals surface area contributed by atoms with Crippen LogP contribution in [0.2, 0.25) is 0 Å². The van der Waals surface area contributed by atoms with Crippen LogP contribution in [0, 0.1) is 0 Å². The lowest BCUT2D eigenvalue weighted by molar-refractivity contribution is 0.280. The number of alkyl halides is 2. The van der Waals surface area contributed by atoms with Crippen LogP contribution in [-0.4, -0.2) is 20.9 Å². The van der Waals surface area contributed by atoms with E-state index < -0.39 is 0 Å². The van der Waals surface area contributed by atoms with Crippen LogP contribution < -0.4 is 0 Å². The molecule has 3 heteroatoms. The van der Waals surface area contributed by atoms with Crippen molar-refractivity contribution >= 4 is 31.9 Å². The Morgan fingerprint density at radius 3 is 1.82 bits per heavy atom. The second kappa shape index (κ2) is 2.24. The number of rotatable bonds is 0. The van der Waals surface area contributed by atoms with Gasteiger partial charge in [0.05, 0.1) is 11.2 Å². The third-order valence-corrected chi connectivity index (χ3v) is 5.72. The summed E-state index contributed by atoms with van der Waals surface area (Å²) in [6.07, 6.45) is 2.25. The highest BCUT2D eigenvalue weighted by Gasteiger charge is 2.67. The molecule has 0 aromatic heterocycles. The van der Waals surface area contributed by atoms with Gasteiger partial charge in [-0.3, -0.25) is 0 Å². The van der Waals surface area contributed by atoms with Crippen LogP contribution in [0.25, 0.3) is 0 Å². The molecule has 11 heavy (non-hydrogen) atoms. The molecular formula is C8H12Br2O. The van der Waals surface area contributed by atoms with Crippen molar-refractivity contribution in [1.29, 1.82) is 0 Å². The first-order valence-electron chi connectivity index (χ1n) is 3.95. The zero-order valence-electron chi connectivity index (χ0n) is 6.73. The minimum Gasteiger partial charge on any atom is -0.363 e. The molecule has 2 fully saturated rings. The van der Waals surface area contributed by atoms with Gasteiger partial charge in [-0.15, -0.1) is 0 Å². The van der Waals surface area contributed by atoms with E-state index in [0.29, 0.717) is 9.65 Å². The molecule has 2 aliphatic rings. The molecule has 1 aliphatic carbocycles. The average molecular weight is 284 g/mol. The van der Waals surface area contributed by atoms with Crippen molar-refractivity contribution in [3.05, 3.63) is 0 Å². The Kier molecular flexibility index (Phi) is 1.73. The fourth-order valence-corrected chi connectivity index (χ4v) is 3.60. The molecule has 64 valence electrons. The summed E-state index contributed by atoms with van der Waals surface area (Å²) in [5, 5.41) is 0. The number of epoxide rings is 1. The first kappa shape index (κ1) is 8.52. The minimum absolute atomic E-state index is 0.158. The van der Waals surface area contributed by atoms with E-state index in [1.807, 2.05) is 0 Å². The monoisotopic (exact) mass is 282 g/mol. The van der Waals surface area contributed by atoms with Crippen molar-refractivity contribution in [2.45, 2.75) is 47.5 Å². The first-order valence-corrected chi connectivity index (χ1v) is 5.78. The van der Waals surface area contributed by atoms with Crippen LogP contribution in [0.5, 0.6) is 0 Å². The van der Waals surface area contributed by atoms with E-state index in [2.05, 4.69) is 45.7 Å². The SMILES string of the molecule is C[C@@]12C[C@H](Br)[C@@H](Br)C[C@@]1(C)O2. The highest BCUT2D eigenvalue weighted by molar-refractivity contribution is 9.12. The second-order valence-electron chi connectivity index (χ2n) is 4.00. The summed E-state index contributed by atoms with van der Waals surface area (Å²) in [7, 11) is 0. The number of hydrogen-bond acceptors (Lipinski definition) is 1. The van der Waals surface area contributed by atoms with Crippen molar-refractivity contribution < 1.29 is 4.74 Å². The van der Waals surface area contributed by atoms with Gasteiger partial charge >= 0.3 is 0 Å². The van der Waals surface area contributed by atoms with Crippen molar-refractivity contribution in [3.8, 4) is 0 Å². The summed E-state index contributed by atoms with van der Waals surface area (Å²) >= 11 is 7.31. The lowest BCUT2D eigenvalue weighted by Gasteiger charge is -2.27. The summed E-state index contributed by atoms with van der Waals surface area (Å²) in [5.74, 6) is 0. The molecule has 1 nitrogen and oxygen atoms in total. The molecule has 0 aromatic carbocycles. The van der Waals surface area contributed by atoms with Gasteiger partial charge in [0.2, 0.25) is 0 Å². The zero-order valence-corrected chi connectivity index (χ0v) is 9.91. The van der Waals surface area contributed by atoms with E-state index >= 15 is 0 Å². The maximum Gasteiger partial charge on any atom is 0.0960 e. The number of ether oxygens (including phenoxy) is 1. The molecule has 0 radical (unpaired) electrons. The van der Waals surface area contributed by atoms with Gasteiger partial charge in [-0.1, -0.05) is 31.9 Å². The van der Waals surface area contributed by atoms with E-state index in [1.165, 1.54) is 0 Å². The smallest absolute Gasteiger partial charge is 0.0960 e. The molecule has 1 saturated carbocycles. The summed E-state index contributed by atoms with van der Waals surface area (Å²) < 4.78 is 5.73. The molecule has 2 rings (SSSR count). The number of halogens is 2. The molecule has 0 aromatic rings. The number of fused-ring (bicyclic) bond motifs is 1. The van der Waals surface area contributed by atoms with Crippen LogP contribution in [0.4, 0.5) is 0 Å². The van der Waals surface area contributed by atoms with Gasteiger partial charge in [0.25, 0.3) is 0 Å². The van der Waals surface area contributed by atoms with E-state index in [0.717, 1.165) is 12.8 Å². The van der Waals surface area contributed by atoms with E-state index in [4.69, 9.17) is 4.74 Å². The van der Waals surface area contributed by atoms with Crippen LogP contribution in [0.15, 0.2) is 0 Å². The molecule has 4 atom stereocenters. The average Bonchev–Trinajstić information content (AvgIpc) is 2.33. The van der Waals surface area contributed by atoms with Crippen LogP contribution in [0.3, 0.4) is 0 Å². The largest absolute Gasteiger partial charge is 0.363 e. The standard InChI is InChI=1S/C8H12Br2O/c1-7-3-5(9)6(10)4-8(7,2)11-7/h5-6H,3-4H2,1-2H3/t5-,6-,7+,8+/m0/s1. The summed E-state index contributed by atoms with van der Waals surface area (Å²) in [6, 6.07) is 0. The molecule has 1 saturated heterocycles. The van der Waals surface area contributed by atoms with Crippen molar-refractivity contribution in [3.63, 3.8) is 0 Å². The fraction of sp³-hybridized carbons (Fsp3) is 1.00. The molecule has 1 aliphatic heterocycles. The van der Waals surface area contributed by atoms with Crippen molar-refractivity contribution in [2.75, 3.05) is 0 Å². The maximum absolute atomic E-state index is 5.73. The quantitative estimate of drug-likeness (QED) is 0.492. The topological polar surface area (TPSA) is 12.5 Å². The summed E-state index contributed by atoms with van der Waals surface area (Å²) in [6.45, 7) is 4.42. The van der Waals surface area contributed by atoms with Gasteiger partial charge in [0.1, 0.15) is 0 Å². The van der Waals surface area contributed by atoms with Gasteiger partial charge in [-0.05, 0) is 26.7 Å². The number of hydrogen-bond donors (Lipinski definition) is 0. The normalized spacial score (nSPS) is 62.2. The van der Waals surface area contributed by atoms with E-state index in [9.17, 15) is 0 Å². The van der Waals surface area contributed by atoms with Crippen LogP contribution in [0.1, 0.15) is 26.7 Å². The van der Waals surface area contributed by atoms with E-state index in [-0.39, 0.29) is 11.2 Å². The van der Waals surface area contributed by atoms with Gasteiger partial charge in [0, 0.05) is 9.65 Å². The molecule has 0 amide bonds. The summed E-state index contributed by atoms with van der Waals surface area (Å²) in [5.41, 5.74) is 0.316. The summed E-state index contributed by atoms with van der Waals surface area (Å²) in [4.78, 5) is 1.14. The fourth-order valence-electron chi connectivity index (χ4n) is 1.99. The third-order valence-electron chi connectivity index (χ3n) is 3.09. The molecule has 0 N–H and O–H groups in total. The predicted molar refractivity (Wildman–Crippen MR) is 52.6 cm³/mol. The Labute approximate surface area is 84.1 Å². The van der Waals surface area contributed by atoms with Crippen LogP contribution >= 0.6 is 31.9 Å². The lowest BCUT2D eigenvalue weighted by atomic mass is 9.82. The third kappa shape index (κ3) is 1.11. The molecule has 0 bridgehead atoms. The zero-order chi connectivity index (χ0) is 8.28. The molecule has 0 spiro atoms. The van der Waals surface area contributed by atoms with Gasteiger partial charge in [-0.25, -0.2) is 0 Å². The van der Waals surface area contributed by atoms with Crippen molar-refractivity contribution in [1.82, 2.24) is 0 Å². The maximum atomic E-state index is 5.73. The molecular weight excluding hydrogens is 272 g/mol. The highest BCUT2D eigenvalue weighted by atomic mass is 79.9. The predicted octanol–water partition coefficient (Wildman–Crippen LogP) is 2.85. The van der Waals surface area contributed by atoms with Gasteiger partial charge < -0.3 is 4.74 Å². The Balaban J connectivity index is 2.15. The molecule has 0 unspecified atom stereocenters. The highest BCUT2D eigenvalue weighted by Crippen LogP contribution is 2.59. The first-order chi connectivity index (χ1) is 4.97. The lowest BCUT2D eigenvalue weighted by Crippen LogP contribution is -2.36. The van der Waals surface area contributed by atoms with E-state index in [1.54, 1.807) is 0 Å². The van der Waals surface area contributed by atoms with Gasteiger partial charge in [-0.2, -0.15) is 0 Å². The second-order valence-corrected chi connectivity index (χ2v) is 6.36. The van der Waals surface area contributed by atoms with Crippen molar-refractivity contribution in [2.24, 2.45) is 0 Å². The molecule has 1 heterocycles. The van der Waals surface area contributed by atoms with Crippen LogP contribution in [-0.2, 0) is 4.74 Å². The Morgan fingerprint density at radius 1 is 1.09 bits per heavy atom. The van der Waals surface area contributed by atoms with Gasteiger partial charge in [0.15, 0.2) is 0 Å². The Bertz CT molecular complexity index is 177. The Morgan fingerprint density at radius 2 is 1.45 bits per heavy atom. The Hall–Kier alpha value is 0.920.